The van der Waals surface area contributed by atoms with Crippen LogP contribution in [0, 0.1) is 6.92 Å². The number of nitrogens with zero attached hydrogens (tertiary/aromatic N) is 3. The third-order valence-electron chi connectivity index (χ3n) is 4.65. The molecule has 1 aromatic carbocycles. The Bertz CT molecular complexity index is 890. The van der Waals surface area contributed by atoms with E-state index >= 15 is 0 Å². The first-order valence-electron chi connectivity index (χ1n) is 9.01. The molecule has 134 valence electrons. The topological polar surface area (TPSA) is 59.2 Å². The van der Waals surface area contributed by atoms with Gasteiger partial charge in [-0.25, -0.2) is 0 Å². The lowest BCUT2D eigenvalue weighted by Gasteiger charge is -2.19. The number of rotatable bonds is 3. The second kappa shape index (κ2) is 7.41. The first-order valence-corrected chi connectivity index (χ1v) is 9.82. The number of amides is 1. The molecule has 5 nitrogen and oxygen atoms in total. The molecule has 1 saturated heterocycles. The van der Waals surface area contributed by atoms with Crippen LogP contribution in [0.15, 0.2) is 40.9 Å². The minimum atomic E-state index is 0.116. The van der Waals surface area contributed by atoms with Crippen molar-refractivity contribution in [3.05, 3.63) is 46.8 Å². The molecule has 0 bridgehead atoms. The van der Waals surface area contributed by atoms with Gasteiger partial charge in [0.2, 0.25) is 5.82 Å². The number of aryl methyl sites for hydroxylation is 1. The fourth-order valence-corrected chi connectivity index (χ4v) is 4.04. The molecule has 0 radical (unpaired) electrons. The number of carbonyl (C=O) groups is 1. The van der Waals surface area contributed by atoms with E-state index < -0.39 is 0 Å². The van der Waals surface area contributed by atoms with Crippen molar-refractivity contribution in [2.75, 3.05) is 13.1 Å². The Labute approximate surface area is 156 Å². The number of likely N-dealkylation sites (tertiary alicyclic amines) is 1. The average molecular weight is 367 g/mol. The van der Waals surface area contributed by atoms with E-state index in [1.54, 1.807) is 0 Å². The van der Waals surface area contributed by atoms with E-state index in [4.69, 9.17) is 4.52 Å². The molecule has 1 aliphatic rings. The van der Waals surface area contributed by atoms with Crippen LogP contribution >= 0.6 is 11.3 Å². The summed E-state index contributed by atoms with van der Waals surface area (Å²) in [5.74, 6) is 1.14. The van der Waals surface area contributed by atoms with Crippen molar-refractivity contribution in [2.24, 2.45) is 0 Å². The van der Waals surface area contributed by atoms with Gasteiger partial charge in [0.25, 0.3) is 11.8 Å². The summed E-state index contributed by atoms with van der Waals surface area (Å²) in [6, 6.07) is 11.7. The van der Waals surface area contributed by atoms with Gasteiger partial charge >= 0.3 is 0 Å². The van der Waals surface area contributed by atoms with Crippen LogP contribution in [0.4, 0.5) is 0 Å². The molecular weight excluding hydrogens is 346 g/mol. The van der Waals surface area contributed by atoms with Gasteiger partial charge in [-0.2, -0.15) is 4.98 Å². The molecule has 0 N–H and O–H groups in total. The fraction of sp³-hybridized carbons (Fsp3) is 0.350. The molecule has 0 spiro atoms. The van der Waals surface area contributed by atoms with E-state index in [0.29, 0.717) is 11.7 Å². The Hall–Kier alpha value is -2.47. The monoisotopic (exact) mass is 367 g/mol. The Kier molecular flexibility index (Phi) is 4.84. The maximum absolute atomic E-state index is 12.7. The van der Waals surface area contributed by atoms with Gasteiger partial charge in [0.05, 0.1) is 9.75 Å². The molecule has 26 heavy (non-hydrogen) atoms. The Morgan fingerprint density at radius 2 is 1.77 bits per heavy atom. The van der Waals surface area contributed by atoms with Crippen LogP contribution in [0.25, 0.3) is 22.2 Å². The van der Waals surface area contributed by atoms with Gasteiger partial charge in [-0.05, 0) is 44.0 Å². The summed E-state index contributed by atoms with van der Waals surface area (Å²) < 4.78 is 5.40. The lowest BCUT2D eigenvalue weighted by molar-refractivity contribution is 0.0766. The number of hydrogen-bond donors (Lipinski definition) is 0. The predicted octanol–water partition coefficient (Wildman–Crippen LogP) is 4.79. The minimum Gasteiger partial charge on any atom is -0.338 e. The second-order valence-corrected chi connectivity index (χ2v) is 7.74. The summed E-state index contributed by atoms with van der Waals surface area (Å²) in [6.07, 6.45) is 4.61. The van der Waals surface area contributed by atoms with Gasteiger partial charge < -0.3 is 9.42 Å². The van der Waals surface area contributed by atoms with Crippen LogP contribution in [0.1, 0.15) is 40.9 Å². The molecule has 0 atom stereocenters. The molecule has 1 aliphatic heterocycles. The van der Waals surface area contributed by atoms with E-state index in [1.165, 1.54) is 29.7 Å². The van der Waals surface area contributed by atoms with Crippen molar-refractivity contribution in [3.63, 3.8) is 0 Å². The van der Waals surface area contributed by atoms with Crippen LogP contribution in [0.5, 0.6) is 0 Å². The highest BCUT2D eigenvalue weighted by molar-refractivity contribution is 7.17. The van der Waals surface area contributed by atoms with Crippen molar-refractivity contribution < 1.29 is 9.32 Å². The maximum Gasteiger partial charge on any atom is 0.263 e. The fourth-order valence-electron chi connectivity index (χ4n) is 3.14. The highest BCUT2D eigenvalue weighted by Gasteiger charge is 2.20. The zero-order chi connectivity index (χ0) is 17.9. The highest BCUT2D eigenvalue weighted by Crippen LogP contribution is 2.29. The molecule has 3 heterocycles. The maximum atomic E-state index is 12.7. The SMILES string of the molecule is Cc1ccc(-c2nc(-c3ccc(C(=O)N4CCCCCC4)s3)no2)cc1. The molecule has 1 amide bonds. The largest absolute Gasteiger partial charge is 0.338 e. The van der Waals surface area contributed by atoms with Gasteiger partial charge in [-0.1, -0.05) is 35.7 Å². The molecule has 3 aromatic rings. The Morgan fingerprint density at radius 3 is 2.50 bits per heavy atom. The van der Waals surface area contributed by atoms with Crippen LogP contribution in [-0.2, 0) is 0 Å². The van der Waals surface area contributed by atoms with Gasteiger partial charge in [-0.15, -0.1) is 11.3 Å². The summed E-state index contributed by atoms with van der Waals surface area (Å²) in [5.41, 5.74) is 2.08. The molecule has 0 saturated carbocycles. The van der Waals surface area contributed by atoms with E-state index in [0.717, 1.165) is 41.2 Å². The molecule has 0 aliphatic carbocycles. The zero-order valence-electron chi connectivity index (χ0n) is 14.8. The molecule has 4 rings (SSSR count). The first-order chi connectivity index (χ1) is 12.7. The summed E-state index contributed by atoms with van der Waals surface area (Å²) in [6.45, 7) is 3.75. The van der Waals surface area contributed by atoms with Gasteiger partial charge in [-0.3, -0.25) is 4.79 Å². The molecular formula is C20H21N3O2S. The van der Waals surface area contributed by atoms with Crippen LogP contribution in [-0.4, -0.2) is 34.0 Å². The number of benzene rings is 1. The number of aromatic nitrogens is 2. The minimum absolute atomic E-state index is 0.116. The Morgan fingerprint density at radius 1 is 1.04 bits per heavy atom. The Balaban J connectivity index is 1.53. The van der Waals surface area contributed by atoms with Gasteiger partial charge in [0.1, 0.15) is 0 Å². The third kappa shape index (κ3) is 3.55. The van der Waals surface area contributed by atoms with E-state index in [1.807, 2.05) is 48.2 Å². The zero-order valence-corrected chi connectivity index (χ0v) is 15.6. The van der Waals surface area contributed by atoms with Crippen LogP contribution < -0.4 is 0 Å². The van der Waals surface area contributed by atoms with Crippen molar-refractivity contribution in [1.82, 2.24) is 15.0 Å². The summed E-state index contributed by atoms with van der Waals surface area (Å²) in [4.78, 5) is 20.8. The second-order valence-electron chi connectivity index (χ2n) is 6.66. The average Bonchev–Trinajstić information content (AvgIpc) is 3.25. The van der Waals surface area contributed by atoms with Crippen molar-refractivity contribution in [2.45, 2.75) is 32.6 Å². The van der Waals surface area contributed by atoms with Gasteiger partial charge in [0, 0.05) is 18.7 Å². The summed E-state index contributed by atoms with van der Waals surface area (Å²) in [7, 11) is 0. The molecule has 2 aromatic heterocycles. The van der Waals surface area contributed by atoms with Gasteiger partial charge in [0.15, 0.2) is 0 Å². The first kappa shape index (κ1) is 17.0. The van der Waals surface area contributed by atoms with Crippen LogP contribution in [0.2, 0.25) is 0 Å². The predicted molar refractivity (Wildman–Crippen MR) is 102 cm³/mol. The molecule has 6 heteroatoms. The number of hydrogen-bond acceptors (Lipinski definition) is 5. The van der Waals surface area contributed by atoms with Crippen molar-refractivity contribution in [1.29, 1.82) is 0 Å². The third-order valence-corrected chi connectivity index (χ3v) is 5.72. The summed E-state index contributed by atoms with van der Waals surface area (Å²) in [5, 5.41) is 4.08. The van der Waals surface area contributed by atoms with E-state index in [9.17, 15) is 4.79 Å². The quantitative estimate of drug-likeness (QED) is 0.668. The van der Waals surface area contributed by atoms with E-state index in [-0.39, 0.29) is 5.91 Å². The molecule has 0 unspecified atom stereocenters. The van der Waals surface area contributed by atoms with Crippen molar-refractivity contribution in [3.8, 4) is 22.2 Å². The van der Waals surface area contributed by atoms with E-state index in [2.05, 4.69) is 10.1 Å². The number of carbonyl (C=O) groups excluding carboxylic acids is 1. The van der Waals surface area contributed by atoms with Crippen LogP contribution in [0.3, 0.4) is 0 Å². The highest BCUT2D eigenvalue weighted by atomic mass is 32.1. The lowest BCUT2D eigenvalue weighted by atomic mass is 10.1. The lowest BCUT2D eigenvalue weighted by Crippen LogP contribution is -2.31. The molecule has 1 fully saturated rings. The smallest absolute Gasteiger partial charge is 0.263 e. The normalized spacial score (nSPS) is 15.0. The summed E-state index contributed by atoms with van der Waals surface area (Å²) >= 11 is 1.43. The number of thiophene rings is 1. The standard InChI is InChI=1S/C20H21N3O2S/c1-14-6-8-15(9-7-14)19-21-18(22-25-19)16-10-11-17(26-16)20(24)23-12-4-2-3-5-13-23/h6-11H,2-5,12-13H2,1H3. The van der Waals surface area contributed by atoms with Crippen molar-refractivity contribution >= 4 is 17.2 Å².